The highest BCUT2D eigenvalue weighted by Gasteiger charge is 2.46. The number of nitrogens with zero attached hydrogens (tertiary/aromatic N) is 2. The van der Waals surface area contributed by atoms with E-state index in [9.17, 15) is 31.1 Å². The van der Waals surface area contributed by atoms with Crippen molar-refractivity contribution < 1.29 is 35.9 Å². The molecule has 1 aromatic carbocycles. The zero-order valence-electron chi connectivity index (χ0n) is 16.5. The van der Waals surface area contributed by atoms with Gasteiger partial charge in [-0.15, -0.1) is 0 Å². The largest absolute Gasteiger partial charge is 0.437 e. The van der Waals surface area contributed by atoms with Crippen LogP contribution in [0.2, 0.25) is 0 Å². The van der Waals surface area contributed by atoms with E-state index in [0.717, 1.165) is 25.8 Å². The summed E-state index contributed by atoms with van der Waals surface area (Å²) in [5, 5.41) is 0. The summed E-state index contributed by atoms with van der Waals surface area (Å²) in [5.41, 5.74) is -0.813. The van der Waals surface area contributed by atoms with Crippen molar-refractivity contribution in [1.29, 1.82) is 0 Å². The number of carbonyl (C=O) groups excluding carboxylic acids is 1. The molecule has 2 aliphatic rings. The molecule has 0 saturated carbocycles. The van der Waals surface area contributed by atoms with Gasteiger partial charge >= 0.3 is 18.4 Å². The van der Waals surface area contributed by atoms with Crippen molar-refractivity contribution in [2.45, 2.75) is 63.1 Å². The third kappa shape index (κ3) is 4.84. The molecule has 1 atom stereocenters. The first-order chi connectivity index (χ1) is 13.9. The molecule has 0 aliphatic carbocycles. The van der Waals surface area contributed by atoms with Crippen molar-refractivity contribution in [3.8, 4) is 0 Å². The van der Waals surface area contributed by atoms with Crippen LogP contribution >= 0.6 is 0 Å². The van der Waals surface area contributed by atoms with Crippen LogP contribution in [-0.4, -0.2) is 53.3 Å². The van der Waals surface area contributed by atoms with Gasteiger partial charge in [0.2, 0.25) is 0 Å². The maximum atomic E-state index is 13.3. The number of likely N-dealkylation sites (tertiary alicyclic amines) is 2. The van der Waals surface area contributed by atoms with Crippen LogP contribution in [0.4, 0.5) is 31.1 Å². The fourth-order valence-electron chi connectivity index (χ4n) is 4.35. The number of benzene rings is 1. The molecule has 0 bridgehead atoms. The number of amides is 1. The van der Waals surface area contributed by atoms with E-state index in [-0.39, 0.29) is 30.7 Å². The van der Waals surface area contributed by atoms with Crippen LogP contribution < -0.4 is 0 Å². The van der Waals surface area contributed by atoms with Gasteiger partial charge < -0.3 is 9.64 Å². The van der Waals surface area contributed by atoms with Crippen molar-refractivity contribution in [2.24, 2.45) is 0 Å². The average molecular weight is 438 g/mol. The summed E-state index contributed by atoms with van der Waals surface area (Å²) in [6.07, 6.45) is -9.70. The van der Waals surface area contributed by atoms with E-state index in [1.54, 1.807) is 6.07 Å². The lowest BCUT2D eigenvalue weighted by molar-refractivity contribution is -0.200. The van der Waals surface area contributed by atoms with Crippen molar-refractivity contribution in [2.75, 3.05) is 19.6 Å². The number of alkyl halides is 6. The maximum Gasteiger partial charge on any atom is 0.425 e. The molecule has 2 heterocycles. The number of rotatable bonds is 3. The molecule has 0 radical (unpaired) electrons. The zero-order chi connectivity index (χ0) is 22.2. The Morgan fingerprint density at radius 3 is 2.30 bits per heavy atom. The second-order valence-electron chi connectivity index (χ2n) is 7.96. The summed E-state index contributed by atoms with van der Waals surface area (Å²) in [5.74, 6) is 0. The summed E-state index contributed by atoms with van der Waals surface area (Å²) in [7, 11) is 0. The molecule has 0 aromatic heterocycles. The van der Waals surface area contributed by atoms with E-state index in [2.05, 4.69) is 4.74 Å². The smallest absolute Gasteiger partial charge is 0.425 e. The lowest BCUT2D eigenvalue weighted by Crippen LogP contribution is -2.53. The summed E-state index contributed by atoms with van der Waals surface area (Å²) >= 11 is 0. The van der Waals surface area contributed by atoms with Crippen LogP contribution in [0.5, 0.6) is 0 Å². The molecule has 4 nitrogen and oxygen atoms in total. The molecule has 1 amide bonds. The third-order valence-corrected chi connectivity index (χ3v) is 6.12. The summed E-state index contributed by atoms with van der Waals surface area (Å²) in [6.45, 7) is 1.98. The second-order valence-corrected chi connectivity index (χ2v) is 7.96. The van der Waals surface area contributed by atoms with Crippen LogP contribution in [0.3, 0.4) is 0 Å². The van der Waals surface area contributed by atoms with Crippen molar-refractivity contribution >= 4 is 6.09 Å². The Morgan fingerprint density at radius 1 is 1.07 bits per heavy atom. The van der Waals surface area contributed by atoms with E-state index in [1.807, 2.05) is 4.90 Å². The molecule has 1 spiro atoms. The number of piperidine rings is 1. The number of hydrogen-bond donors (Lipinski definition) is 0. The SMILES string of the molecule is CC(OC(=O)N1CCC2(CCCN2Cc2ccccc2C(F)(F)F)CC1)C(F)(F)F. The van der Waals surface area contributed by atoms with Gasteiger partial charge in [-0.1, -0.05) is 18.2 Å². The Bertz CT molecular complexity index is 756. The lowest BCUT2D eigenvalue weighted by atomic mass is 9.84. The molecule has 2 saturated heterocycles. The first-order valence-corrected chi connectivity index (χ1v) is 9.85. The van der Waals surface area contributed by atoms with Crippen LogP contribution in [0.25, 0.3) is 0 Å². The van der Waals surface area contributed by atoms with Crippen LogP contribution in [0, 0.1) is 0 Å². The van der Waals surface area contributed by atoms with Gasteiger partial charge in [0.1, 0.15) is 0 Å². The summed E-state index contributed by atoms with van der Waals surface area (Å²) in [4.78, 5) is 15.3. The van der Waals surface area contributed by atoms with E-state index in [1.165, 1.54) is 17.0 Å². The Balaban J connectivity index is 1.65. The van der Waals surface area contributed by atoms with Crippen molar-refractivity contribution in [1.82, 2.24) is 9.80 Å². The van der Waals surface area contributed by atoms with Gasteiger partial charge in [0, 0.05) is 25.2 Å². The monoisotopic (exact) mass is 438 g/mol. The molecule has 10 heteroatoms. The third-order valence-electron chi connectivity index (χ3n) is 6.12. The minimum Gasteiger partial charge on any atom is -0.437 e. The standard InChI is InChI=1S/C20H24F6N2O2/c1-14(19(21,22)23)30-17(29)27-11-8-18(9-12-27)7-4-10-28(18)13-15-5-2-3-6-16(15)20(24,25)26/h2-3,5-6,14H,4,7-13H2,1H3. The van der Waals surface area contributed by atoms with E-state index in [0.29, 0.717) is 19.4 Å². The van der Waals surface area contributed by atoms with E-state index >= 15 is 0 Å². The molecular weight excluding hydrogens is 414 g/mol. The molecule has 0 N–H and O–H groups in total. The number of halogens is 6. The minimum atomic E-state index is -4.62. The van der Waals surface area contributed by atoms with Crippen LogP contribution in [0.1, 0.15) is 43.7 Å². The topological polar surface area (TPSA) is 32.8 Å². The maximum absolute atomic E-state index is 13.3. The fourth-order valence-corrected chi connectivity index (χ4v) is 4.35. The first kappa shape index (κ1) is 22.7. The molecule has 2 aliphatic heterocycles. The molecule has 168 valence electrons. The van der Waals surface area contributed by atoms with Crippen molar-refractivity contribution in [3.63, 3.8) is 0 Å². The minimum absolute atomic E-state index is 0.144. The zero-order valence-corrected chi connectivity index (χ0v) is 16.5. The summed E-state index contributed by atoms with van der Waals surface area (Å²) in [6, 6.07) is 5.48. The number of ether oxygens (including phenoxy) is 1. The molecule has 3 rings (SSSR count). The van der Waals surface area contributed by atoms with Gasteiger partial charge in [-0.3, -0.25) is 4.90 Å². The quantitative estimate of drug-likeness (QED) is 0.607. The molecular formula is C20H24F6N2O2. The predicted octanol–water partition coefficient (Wildman–Crippen LogP) is 5.22. The average Bonchev–Trinajstić information content (AvgIpc) is 3.02. The molecule has 30 heavy (non-hydrogen) atoms. The normalized spacial score (nSPS) is 21.1. The Kier molecular flexibility index (Phi) is 6.27. The Labute approximate surface area is 170 Å². The number of carbonyl (C=O) groups is 1. The van der Waals surface area contributed by atoms with Gasteiger partial charge in [-0.05, 0) is 50.8 Å². The van der Waals surface area contributed by atoms with Gasteiger partial charge in [-0.25, -0.2) is 4.79 Å². The van der Waals surface area contributed by atoms with Crippen molar-refractivity contribution in [3.05, 3.63) is 35.4 Å². The first-order valence-electron chi connectivity index (χ1n) is 9.85. The number of hydrogen-bond acceptors (Lipinski definition) is 3. The summed E-state index contributed by atoms with van der Waals surface area (Å²) < 4.78 is 82.3. The van der Waals surface area contributed by atoms with Gasteiger partial charge in [-0.2, -0.15) is 26.3 Å². The van der Waals surface area contributed by atoms with Crippen LogP contribution in [0.15, 0.2) is 24.3 Å². The van der Waals surface area contributed by atoms with E-state index in [4.69, 9.17) is 0 Å². The Hall–Kier alpha value is -1.97. The van der Waals surface area contributed by atoms with Crippen LogP contribution in [-0.2, 0) is 17.5 Å². The molecule has 1 unspecified atom stereocenters. The van der Waals surface area contributed by atoms with Gasteiger partial charge in [0.05, 0.1) is 5.56 Å². The Morgan fingerprint density at radius 2 is 1.70 bits per heavy atom. The van der Waals surface area contributed by atoms with Gasteiger partial charge in [0.25, 0.3) is 0 Å². The molecule has 2 fully saturated rings. The highest BCUT2D eigenvalue weighted by molar-refractivity contribution is 5.68. The fraction of sp³-hybridized carbons (Fsp3) is 0.650. The van der Waals surface area contributed by atoms with E-state index < -0.39 is 30.1 Å². The lowest BCUT2D eigenvalue weighted by Gasteiger charge is -2.45. The second kappa shape index (κ2) is 8.28. The predicted molar refractivity (Wildman–Crippen MR) is 96.6 cm³/mol. The molecule has 1 aromatic rings. The van der Waals surface area contributed by atoms with Gasteiger partial charge in [0.15, 0.2) is 6.10 Å². The highest BCUT2D eigenvalue weighted by Crippen LogP contribution is 2.41. The highest BCUT2D eigenvalue weighted by atomic mass is 19.4.